The topological polar surface area (TPSA) is 78.9 Å². The molecule has 2 unspecified atom stereocenters. The third kappa shape index (κ3) is 50.1. The van der Waals surface area contributed by atoms with Crippen LogP contribution < -0.4 is 0 Å². The molecule has 0 aliphatic rings. The second-order valence-electron chi connectivity index (χ2n) is 21.2. The van der Waals surface area contributed by atoms with Crippen LogP contribution in [0, 0.1) is 17.8 Å². The van der Waals surface area contributed by atoms with E-state index in [0.29, 0.717) is 19.3 Å². The van der Waals surface area contributed by atoms with E-state index in [2.05, 4.69) is 41.5 Å². The molecular formula is C59H114O6. The maximum absolute atomic E-state index is 12.9. The lowest BCUT2D eigenvalue weighted by Crippen LogP contribution is -2.30. The Morgan fingerprint density at radius 2 is 0.538 bits per heavy atom. The number of rotatable bonds is 52. The van der Waals surface area contributed by atoms with E-state index in [4.69, 9.17) is 14.2 Å². The van der Waals surface area contributed by atoms with Crippen LogP contribution in [0.2, 0.25) is 0 Å². The van der Waals surface area contributed by atoms with Crippen LogP contribution in [0.3, 0.4) is 0 Å². The third-order valence-electron chi connectivity index (χ3n) is 14.1. The summed E-state index contributed by atoms with van der Waals surface area (Å²) in [4.78, 5) is 38.1. The van der Waals surface area contributed by atoms with Crippen molar-refractivity contribution in [2.24, 2.45) is 17.8 Å². The van der Waals surface area contributed by atoms with Gasteiger partial charge in [0.05, 0.1) is 0 Å². The van der Waals surface area contributed by atoms with Gasteiger partial charge < -0.3 is 14.2 Å². The summed E-state index contributed by atoms with van der Waals surface area (Å²) in [7, 11) is 0. The van der Waals surface area contributed by atoms with Gasteiger partial charge in [-0.05, 0) is 37.0 Å². The van der Waals surface area contributed by atoms with Crippen molar-refractivity contribution >= 4 is 17.9 Å². The van der Waals surface area contributed by atoms with Crippen LogP contribution in [0.5, 0.6) is 0 Å². The Morgan fingerprint density at radius 3 is 0.800 bits per heavy atom. The average Bonchev–Trinajstić information content (AvgIpc) is 3.29. The lowest BCUT2D eigenvalue weighted by molar-refractivity contribution is -0.167. The lowest BCUT2D eigenvalue weighted by atomic mass is 9.99. The molecule has 0 fully saturated rings. The highest BCUT2D eigenvalue weighted by atomic mass is 16.6. The first-order valence-corrected chi connectivity index (χ1v) is 29.2. The summed E-state index contributed by atoms with van der Waals surface area (Å²) in [5.74, 6) is 1.74. The average molecular weight is 920 g/mol. The van der Waals surface area contributed by atoms with Crippen LogP contribution in [0.4, 0.5) is 0 Å². The highest BCUT2D eigenvalue weighted by Gasteiger charge is 2.19. The molecule has 386 valence electrons. The number of unbranched alkanes of at least 4 members (excludes halogenated alkanes) is 33. The van der Waals surface area contributed by atoms with Gasteiger partial charge in [-0.15, -0.1) is 0 Å². The van der Waals surface area contributed by atoms with E-state index >= 15 is 0 Å². The van der Waals surface area contributed by atoms with E-state index in [1.54, 1.807) is 0 Å². The maximum atomic E-state index is 12.9. The summed E-state index contributed by atoms with van der Waals surface area (Å²) in [5, 5.41) is 0. The summed E-state index contributed by atoms with van der Waals surface area (Å²) >= 11 is 0. The second-order valence-corrected chi connectivity index (χ2v) is 21.2. The van der Waals surface area contributed by atoms with E-state index < -0.39 is 6.10 Å². The van der Waals surface area contributed by atoms with E-state index in [1.807, 2.05) is 0 Å². The number of carbonyl (C=O) groups is 3. The van der Waals surface area contributed by atoms with Crippen molar-refractivity contribution in [2.75, 3.05) is 13.2 Å². The molecule has 0 aliphatic carbocycles. The summed E-state index contributed by atoms with van der Waals surface area (Å²) < 4.78 is 16.9. The van der Waals surface area contributed by atoms with Gasteiger partial charge in [0.15, 0.2) is 6.10 Å². The van der Waals surface area contributed by atoms with Gasteiger partial charge in [0, 0.05) is 19.3 Å². The minimum absolute atomic E-state index is 0.0638. The Morgan fingerprint density at radius 1 is 0.308 bits per heavy atom. The summed E-state index contributed by atoms with van der Waals surface area (Å²) in [5.41, 5.74) is 0. The Labute approximate surface area is 406 Å². The Hall–Kier alpha value is -1.59. The van der Waals surface area contributed by atoms with E-state index in [-0.39, 0.29) is 31.1 Å². The Bertz CT molecular complexity index is 1010. The van der Waals surface area contributed by atoms with Gasteiger partial charge in [-0.3, -0.25) is 14.4 Å². The summed E-state index contributed by atoms with van der Waals surface area (Å²) in [6.07, 6.45) is 52.3. The molecule has 6 nitrogen and oxygen atoms in total. The van der Waals surface area contributed by atoms with Crippen molar-refractivity contribution in [3.8, 4) is 0 Å². The van der Waals surface area contributed by atoms with Crippen molar-refractivity contribution in [2.45, 2.75) is 330 Å². The molecule has 0 amide bonds. The van der Waals surface area contributed by atoms with Gasteiger partial charge in [0.25, 0.3) is 0 Å². The smallest absolute Gasteiger partial charge is 0.306 e. The molecule has 0 saturated carbocycles. The number of ether oxygens (including phenoxy) is 3. The molecule has 0 spiro atoms. The maximum Gasteiger partial charge on any atom is 0.306 e. The van der Waals surface area contributed by atoms with E-state index in [0.717, 1.165) is 75.5 Å². The normalized spacial score (nSPS) is 13.0. The lowest BCUT2D eigenvalue weighted by Gasteiger charge is -2.18. The number of hydrogen-bond acceptors (Lipinski definition) is 6. The SMILES string of the molecule is CCC(C)CCCCCCCCCCCCCCCCC(=O)OC[C@@H](COC(=O)CCCCCCCCCCC(C)C)OC(=O)CCCCCCCCCCCCCCCCC(C)CC. The van der Waals surface area contributed by atoms with Crippen molar-refractivity contribution in [3.63, 3.8) is 0 Å². The molecule has 0 bridgehead atoms. The van der Waals surface area contributed by atoms with Crippen molar-refractivity contribution in [1.29, 1.82) is 0 Å². The van der Waals surface area contributed by atoms with Crippen LogP contribution in [-0.2, 0) is 28.6 Å². The molecule has 3 atom stereocenters. The van der Waals surface area contributed by atoms with Crippen molar-refractivity contribution in [1.82, 2.24) is 0 Å². The molecular weight excluding hydrogens is 805 g/mol. The molecule has 0 aromatic rings. The standard InChI is InChI=1S/C59H114O6/c1-7-54(5)46-40-34-28-21-17-13-9-11-15-19-23-30-36-42-48-57(60)63-51-56(52-64-58(61)49-43-37-31-26-25-27-33-39-45-53(3)4)65-59(62)50-44-38-32-24-20-16-12-10-14-18-22-29-35-41-47-55(6)8-2/h53-56H,7-52H2,1-6H3/t54?,55?,56-/m0/s1. The highest BCUT2D eigenvalue weighted by molar-refractivity contribution is 5.71. The van der Waals surface area contributed by atoms with Crippen LogP contribution >= 0.6 is 0 Å². The molecule has 0 aromatic heterocycles. The molecule has 6 heteroatoms. The molecule has 0 aliphatic heterocycles. The van der Waals surface area contributed by atoms with Gasteiger partial charge in [0.2, 0.25) is 0 Å². The molecule has 0 heterocycles. The largest absolute Gasteiger partial charge is 0.462 e. The fourth-order valence-electron chi connectivity index (χ4n) is 8.93. The molecule has 0 rings (SSSR count). The van der Waals surface area contributed by atoms with Crippen LogP contribution in [0.1, 0.15) is 324 Å². The Kier molecular flexibility index (Phi) is 49.1. The molecule has 65 heavy (non-hydrogen) atoms. The van der Waals surface area contributed by atoms with Crippen molar-refractivity contribution < 1.29 is 28.6 Å². The number of hydrogen-bond donors (Lipinski definition) is 0. The van der Waals surface area contributed by atoms with Gasteiger partial charge in [0.1, 0.15) is 13.2 Å². The first-order valence-electron chi connectivity index (χ1n) is 29.2. The summed E-state index contributed by atoms with van der Waals surface area (Å²) in [6.45, 7) is 13.8. The quantitative estimate of drug-likeness (QED) is 0.0344. The van der Waals surface area contributed by atoms with Gasteiger partial charge in [-0.1, -0.05) is 286 Å². The van der Waals surface area contributed by atoms with E-state index in [1.165, 1.54) is 205 Å². The first-order chi connectivity index (χ1) is 31.7. The predicted octanol–water partition coefficient (Wildman–Crippen LogP) is 19.1. The van der Waals surface area contributed by atoms with E-state index in [9.17, 15) is 14.4 Å². The monoisotopic (exact) mass is 919 g/mol. The van der Waals surface area contributed by atoms with Crippen LogP contribution in [-0.4, -0.2) is 37.2 Å². The third-order valence-corrected chi connectivity index (χ3v) is 14.1. The first kappa shape index (κ1) is 63.4. The second kappa shape index (κ2) is 50.3. The fourth-order valence-corrected chi connectivity index (χ4v) is 8.93. The predicted molar refractivity (Wildman–Crippen MR) is 279 cm³/mol. The zero-order valence-corrected chi connectivity index (χ0v) is 44.8. The minimum Gasteiger partial charge on any atom is -0.462 e. The van der Waals surface area contributed by atoms with Gasteiger partial charge in [-0.25, -0.2) is 0 Å². The van der Waals surface area contributed by atoms with Crippen LogP contribution in [0.15, 0.2) is 0 Å². The molecule has 0 saturated heterocycles. The Balaban J connectivity index is 4.27. The molecule has 0 radical (unpaired) electrons. The van der Waals surface area contributed by atoms with Gasteiger partial charge in [-0.2, -0.15) is 0 Å². The summed E-state index contributed by atoms with van der Waals surface area (Å²) in [6, 6.07) is 0. The van der Waals surface area contributed by atoms with Crippen molar-refractivity contribution in [3.05, 3.63) is 0 Å². The zero-order valence-electron chi connectivity index (χ0n) is 44.8. The molecule has 0 aromatic carbocycles. The fraction of sp³-hybridized carbons (Fsp3) is 0.949. The number of esters is 3. The highest BCUT2D eigenvalue weighted by Crippen LogP contribution is 2.19. The zero-order chi connectivity index (χ0) is 47.7. The van der Waals surface area contributed by atoms with Crippen LogP contribution in [0.25, 0.3) is 0 Å². The molecule has 0 N–H and O–H groups in total. The van der Waals surface area contributed by atoms with Gasteiger partial charge >= 0.3 is 17.9 Å². The minimum atomic E-state index is -0.764. The number of carbonyl (C=O) groups excluding carboxylic acids is 3.